The third kappa shape index (κ3) is 2.50. The van der Waals surface area contributed by atoms with E-state index in [0.717, 1.165) is 31.6 Å². The number of rotatable bonds is 2. The van der Waals surface area contributed by atoms with Gasteiger partial charge in [0, 0.05) is 10.5 Å². The Morgan fingerprint density at radius 1 is 1.35 bits per heavy atom. The fourth-order valence-electron chi connectivity index (χ4n) is 2.87. The van der Waals surface area contributed by atoms with E-state index in [-0.39, 0.29) is 0 Å². The summed E-state index contributed by atoms with van der Waals surface area (Å²) in [7, 11) is 0. The van der Waals surface area contributed by atoms with Crippen molar-refractivity contribution >= 4 is 15.9 Å². The number of fused-ring (bicyclic) bond motifs is 1. The van der Waals surface area contributed by atoms with Crippen molar-refractivity contribution in [2.24, 2.45) is 0 Å². The lowest BCUT2D eigenvalue weighted by Gasteiger charge is -2.22. The molecule has 0 aliphatic carbocycles. The molecule has 1 aromatic rings. The van der Waals surface area contributed by atoms with Crippen LogP contribution in [0, 0.1) is 0 Å². The van der Waals surface area contributed by atoms with Gasteiger partial charge in [-0.3, -0.25) is 0 Å². The van der Waals surface area contributed by atoms with Crippen molar-refractivity contribution in [2.45, 2.75) is 38.1 Å². The van der Waals surface area contributed by atoms with Crippen molar-refractivity contribution in [3.63, 3.8) is 0 Å². The van der Waals surface area contributed by atoms with Crippen LogP contribution < -0.4 is 10.1 Å². The first-order valence-corrected chi connectivity index (χ1v) is 7.30. The summed E-state index contributed by atoms with van der Waals surface area (Å²) in [6.45, 7) is 2.04. The van der Waals surface area contributed by atoms with E-state index in [1.807, 2.05) is 0 Å². The third-order valence-electron chi connectivity index (χ3n) is 3.67. The van der Waals surface area contributed by atoms with E-state index < -0.39 is 0 Å². The highest BCUT2D eigenvalue weighted by Crippen LogP contribution is 2.33. The largest absolute Gasteiger partial charge is 0.493 e. The smallest absolute Gasteiger partial charge is 0.125 e. The minimum Gasteiger partial charge on any atom is -0.493 e. The second-order valence-electron chi connectivity index (χ2n) is 5.00. The number of hydrogen-bond donors (Lipinski definition) is 1. The lowest BCUT2D eigenvalue weighted by molar-refractivity contribution is 0.284. The van der Waals surface area contributed by atoms with E-state index in [4.69, 9.17) is 4.74 Å². The van der Waals surface area contributed by atoms with Crippen LogP contribution in [-0.4, -0.2) is 19.2 Å². The van der Waals surface area contributed by atoms with Crippen LogP contribution in [0.4, 0.5) is 0 Å². The second kappa shape index (κ2) is 4.99. The van der Waals surface area contributed by atoms with Gasteiger partial charge in [0.25, 0.3) is 0 Å². The Bertz CT molecular complexity index is 413. The van der Waals surface area contributed by atoms with Crippen molar-refractivity contribution in [1.82, 2.24) is 5.32 Å². The molecule has 0 bridgehead atoms. The maximum Gasteiger partial charge on any atom is 0.125 e. The summed E-state index contributed by atoms with van der Waals surface area (Å²) >= 11 is 3.61. The van der Waals surface area contributed by atoms with Crippen LogP contribution in [0.5, 0.6) is 5.75 Å². The Kier molecular flexibility index (Phi) is 3.39. The topological polar surface area (TPSA) is 21.3 Å². The molecule has 0 aromatic heterocycles. The van der Waals surface area contributed by atoms with Crippen molar-refractivity contribution in [3.05, 3.63) is 27.7 Å². The molecule has 2 aliphatic heterocycles. The number of benzene rings is 1. The minimum absolute atomic E-state index is 0.638. The quantitative estimate of drug-likeness (QED) is 0.905. The van der Waals surface area contributed by atoms with Gasteiger partial charge >= 0.3 is 0 Å². The first kappa shape index (κ1) is 11.5. The van der Waals surface area contributed by atoms with Crippen LogP contribution in [0.15, 0.2) is 16.6 Å². The summed E-state index contributed by atoms with van der Waals surface area (Å²) in [5.41, 5.74) is 2.74. The van der Waals surface area contributed by atoms with Crippen molar-refractivity contribution < 1.29 is 4.74 Å². The molecule has 2 aliphatic rings. The summed E-state index contributed by atoms with van der Waals surface area (Å²) in [4.78, 5) is 0. The zero-order chi connectivity index (χ0) is 11.7. The predicted octanol–water partition coefficient (Wildman–Crippen LogP) is 3.07. The lowest BCUT2D eigenvalue weighted by Crippen LogP contribution is -2.24. The number of halogens is 1. The highest BCUT2D eigenvalue weighted by Gasteiger charge is 2.20. The Morgan fingerprint density at radius 2 is 2.29 bits per heavy atom. The molecule has 2 heterocycles. The molecule has 0 radical (unpaired) electrons. The average molecular weight is 296 g/mol. The van der Waals surface area contributed by atoms with E-state index in [2.05, 4.69) is 33.4 Å². The van der Waals surface area contributed by atoms with Gasteiger partial charge in [-0.05, 0) is 61.9 Å². The fraction of sp³-hybridized carbons (Fsp3) is 0.571. The van der Waals surface area contributed by atoms with E-state index in [0.29, 0.717) is 6.04 Å². The highest BCUT2D eigenvalue weighted by atomic mass is 79.9. The minimum atomic E-state index is 0.638. The lowest BCUT2D eigenvalue weighted by atomic mass is 9.97. The van der Waals surface area contributed by atoms with Crippen LogP contribution in [0.2, 0.25) is 0 Å². The summed E-state index contributed by atoms with van der Waals surface area (Å²) in [5, 5.41) is 3.56. The molecular formula is C14H18BrNO. The summed E-state index contributed by atoms with van der Waals surface area (Å²) < 4.78 is 7.06. The van der Waals surface area contributed by atoms with Gasteiger partial charge in [-0.1, -0.05) is 15.9 Å². The standard InChI is InChI=1S/C14H18BrNO/c15-12-7-10-3-2-6-17-14(10)11(8-12)9-13-4-1-5-16-13/h7-8,13,16H,1-6,9H2. The van der Waals surface area contributed by atoms with Crippen molar-refractivity contribution in [3.8, 4) is 5.75 Å². The Hall–Kier alpha value is -0.540. The molecule has 1 aromatic carbocycles. The van der Waals surface area contributed by atoms with E-state index in [1.54, 1.807) is 0 Å². The summed E-state index contributed by atoms with van der Waals surface area (Å²) in [6, 6.07) is 5.07. The van der Waals surface area contributed by atoms with E-state index in [9.17, 15) is 0 Å². The highest BCUT2D eigenvalue weighted by molar-refractivity contribution is 9.10. The molecule has 1 fully saturated rings. The zero-order valence-electron chi connectivity index (χ0n) is 9.97. The molecular weight excluding hydrogens is 278 g/mol. The Balaban J connectivity index is 1.88. The second-order valence-corrected chi connectivity index (χ2v) is 5.92. The molecule has 3 rings (SSSR count). The van der Waals surface area contributed by atoms with Gasteiger partial charge in [-0.2, -0.15) is 0 Å². The van der Waals surface area contributed by atoms with Gasteiger partial charge in [-0.15, -0.1) is 0 Å². The number of aryl methyl sites for hydroxylation is 1. The normalized spacial score (nSPS) is 23.2. The molecule has 1 atom stereocenters. The van der Waals surface area contributed by atoms with Gasteiger partial charge in [0.2, 0.25) is 0 Å². The van der Waals surface area contributed by atoms with Crippen LogP contribution >= 0.6 is 15.9 Å². The summed E-state index contributed by atoms with van der Waals surface area (Å²) in [6.07, 6.45) is 6.00. The Morgan fingerprint density at radius 3 is 3.12 bits per heavy atom. The van der Waals surface area contributed by atoms with Crippen molar-refractivity contribution in [1.29, 1.82) is 0 Å². The van der Waals surface area contributed by atoms with Gasteiger partial charge in [-0.25, -0.2) is 0 Å². The predicted molar refractivity (Wildman–Crippen MR) is 72.7 cm³/mol. The molecule has 1 N–H and O–H groups in total. The van der Waals surface area contributed by atoms with Crippen molar-refractivity contribution in [2.75, 3.05) is 13.2 Å². The first-order chi connectivity index (χ1) is 8.33. The van der Waals surface area contributed by atoms with Crippen LogP contribution in [0.1, 0.15) is 30.4 Å². The molecule has 92 valence electrons. The summed E-state index contributed by atoms with van der Waals surface area (Å²) in [5.74, 6) is 1.16. The zero-order valence-corrected chi connectivity index (χ0v) is 11.6. The number of ether oxygens (including phenoxy) is 1. The molecule has 3 heteroatoms. The molecule has 2 nitrogen and oxygen atoms in total. The SMILES string of the molecule is Brc1cc2c(c(CC3CCCN3)c1)OCCC2. The average Bonchev–Trinajstić information content (AvgIpc) is 2.81. The number of hydrogen-bond acceptors (Lipinski definition) is 2. The third-order valence-corrected chi connectivity index (χ3v) is 4.13. The van der Waals surface area contributed by atoms with Crippen LogP contribution in [-0.2, 0) is 12.8 Å². The molecule has 1 unspecified atom stereocenters. The van der Waals surface area contributed by atoms with E-state index in [1.165, 1.54) is 35.0 Å². The Labute approximate surface area is 111 Å². The molecule has 1 saturated heterocycles. The fourth-order valence-corrected chi connectivity index (χ4v) is 3.42. The van der Waals surface area contributed by atoms with Gasteiger partial charge in [0.15, 0.2) is 0 Å². The van der Waals surface area contributed by atoms with Crippen LogP contribution in [0.25, 0.3) is 0 Å². The van der Waals surface area contributed by atoms with Gasteiger partial charge in [0.1, 0.15) is 5.75 Å². The van der Waals surface area contributed by atoms with Gasteiger partial charge < -0.3 is 10.1 Å². The monoisotopic (exact) mass is 295 g/mol. The van der Waals surface area contributed by atoms with Crippen LogP contribution in [0.3, 0.4) is 0 Å². The molecule has 0 saturated carbocycles. The van der Waals surface area contributed by atoms with Gasteiger partial charge in [0.05, 0.1) is 6.61 Å². The molecule has 0 spiro atoms. The number of nitrogens with one attached hydrogen (secondary N) is 1. The van der Waals surface area contributed by atoms with E-state index >= 15 is 0 Å². The maximum atomic E-state index is 5.87. The maximum absolute atomic E-state index is 5.87. The molecule has 17 heavy (non-hydrogen) atoms. The first-order valence-electron chi connectivity index (χ1n) is 6.50. The molecule has 0 amide bonds.